The summed E-state index contributed by atoms with van der Waals surface area (Å²) in [6.45, 7) is 6.53. The highest BCUT2D eigenvalue weighted by atomic mass is 16.5. The molecule has 0 aromatic heterocycles. The highest BCUT2D eigenvalue weighted by molar-refractivity contribution is 5.77. The lowest BCUT2D eigenvalue weighted by Gasteiger charge is -2.24. The summed E-state index contributed by atoms with van der Waals surface area (Å²) in [7, 11) is 0. The highest BCUT2D eigenvalue weighted by Crippen LogP contribution is 2.19. The number of rotatable bonds is 54. The summed E-state index contributed by atoms with van der Waals surface area (Å²) >= 11 is 0. The molecular formula is C59H115NO5. The van der Waals surface area contributed by atoms with Gasteiger partial charge in [-0.3, -0.25) is 9.59 Å². The Labute approximate surface area is 406 Å². The molecule has 0 aromatic rings. The zero-order valence-corrected chi connectivity index (χ0v) is 44.2. The van der Waals surface area contributed by atoms with Crippen LogP contribution in [0.3, 0.4) is 0 Å². The van der Waals surface area contributed by atoms with Crippen molar-refractivity contribution in [1.29, 1.82) is 0 Å². The van der Waals surface area contributed by atoms with Crippen molar-refractivity contribution in [2.24, 2.45) is 0 Å². The van der Waals surface area contributed by atoms with Crippen LogP contribution in [0, 0.1) is 0 Å². The lowest BCUT2D eigenvalue weighted by atomic mass is 10.0. The third-order valence-electron chi connectivity index (χ3n) is 13.8. The van der Waals surface area contributed by atoms with Gasteiger partial charge in [0.2, 0.25) is 5.91 Å². The Kier molecular flexibility index (Phi) is 52.4. The molecule has 0 rings (SSSR count). The molecule has 0 aliphatic rings. The first-order valence-electron chi connectivity index (χ1n) is 29.4. The Hall–Kier alpha value is -1.40. The minimum Gasteiger partial charge on any atom is -0.462 e. The fraction of sp³-hybridized carbons (Fsp3) is 0.932. The molecule has 6 nitrogen and oxygen atoms in total. The first kappa shape index (κ1) is 63.6. The fourth-order valence-corrected chi connectivity index (χ4v) is 9.37. The number of esters is 1. The Morgan fingerprint density at radius 3 is 1.09 bits per heavy atom. The molecule has 0 radical (unpaired) electrons. The van der Waals surface area contributed by atoms with Gasteiger partial charge in [0.25, 0.3) is 0 Å². The van der Waals surface area contributed by atoms with E-state index >= 15 is 0 Å². The fourth-order valence-electron chi connectivity index (χ4n) is 9.37. The largest absolute Gasteiger partial charge is 0.462 e. The topological polar surface area (TPSA) is 95.9 Å². The molecule has 0 saturated carbocycles. The van der Waals surface area contributed by atoms with Crippen LogP contribution < -0.4 is 5.32 Å². The summed E-state index contributed by atoms with van der Waals surface area (Å²) in [4.78, 5) is 26.3. The van der Waals surface area contributed by atoms with Crippen molar-refractivity contribution >= 4 is 11.9 Å². The van der Waals surface area contributed by atoms with Crippen molar-refractivity contribution in [3.63, 3.8) is 0 Å². The molecule has 1 amide bonds. The maximum absolute atomic E-state index is 13.3. The van der Waals surface area contributed by atoms with E-state index in [0.29, 0.717) is 19.3 Å². The Morgan fingerprint density at radius 1 is 0.431 bits per heavy atom. The first-order valence-corrected chi connectivity index (χ1v) is 29.4. The van der Waals surface area contributed by atoms with Crippen molar-refractivity contribution in [3.05, 3.63) is 12.2 Å². The Balaban J connectivity index is 4.49. The molecule has 0 aromatic carbocycles. The Morgan fingerprint density at radius 2 is 0.738 bits per heavy atom. The van der Waals surface area contributed by atoms with E-state index in [2.05, 4.69) is 38.2 Å². The smallest absolute Gasteiger partial charge is 0.306 e. The van der Waals surface area contributed by atoms with Crippen LogP contribution in [0.4, 0.5) is 0 Å². The minimum absolute atomic E-state index is 0.0839. The number of allylic oxidation sites excluding steroid dienone is 2. The van der Waals surface area contributed by atoms with Gasteiger partial charge in [-0.25, -0.2) is 0 Å². The maximum Gasteiger partial charge on any atom is 0.306 e. The molecule has 3 atom stereocenters. The van der Waals surface area contributed by atoms with Gasteiger partial charge in [0.1, 0.15) is 6.10 Å². The summed E-state index contributed by atoms with van der Waals surface area (Å²) in [5, 5.41) is 23.9. The summed E-state index contributed by atoms with van der Waals surface area (Å²) in [5.74, 6) is -0.455. The summed E-state index contributed by atoms with van der Waals surface area (Å²) in [6.07, 6.45) is 61.3. The second kappa shape index (κ2) is 53.6. The van der Waals surface area contributed by atoms with E-state index in [1.165, 1.54) is 238 Å². The molecular weight excluding hydrogens is 803 g/mol. The van der Waals surface area contributed by atoms with E-state index in [1.807, 2.05) is 0 Å². The van der Waals surface area contributed by atoms with Crippen LogP contribution in [-0.4, -0.2) is 46.9 Å². The zero-order valence-electron chi connectivity index (χ0n) is 44.2. The first-order chi connectivity index (χ1) is 32.0. The molecule has 386 valence electrons. The molecule has 0 fully saturated rings. The molecule has 0 bridgehead atoms. The average molecular weight is 919 g/mol. The zero-order chi connectivity index (χ0) is 47.4. The van der Waals surface area contributed by atoms with E-state index in [-0.39, 0.29) is 24.9 Å². The number of unbranched alkanes of at least 4 members (excludes halogenated alkanes) is 40. The van der Waals surface area contributed by atoms with E-state index < -0.39 is 18.2 Å². The van der Waals surface area contributed by atoms with Crippen molar-refractivity contribution in [1.82, 2.24) is 5.32 Å². The van der Waals surface area contributed by atoms with Gasteiger partial charge >= 0.3 is 5.97 Å². The summed E-state index contributed by atoms with van der Waals surface area (Å²) in [6, 6.07) is -0.696. The molecule has 0 saturated heterocycles. The van der Waals surface area contributed by atoms with Gasteiger partial charge in [-0.15, -0.1) is 0 Å². The van der Waals surface area contributed by atoms with Crippen molar-refractivity contribution in [3.8, 4) is 0 Å². The number of amides is 1. The highest BCUT2D eigenvalue weighted by Gasteiger charge is 2.24. The van der Waals surface area contributed by atoms with Gasteiger partial charge in [-0.2, -0.15) is 0 Å². The summed E-state index contributed by atoms with van der Waals surface area (Å²) in [5.41, 5.74) is 0. The van der Waals surface area contributed by atoms with Crippen LogP contribution in [0.5, 0.6) is 0 Å². The third-order valence-corrected chi connectivity index (χ3v) is 13.8. The number of aliphatic hydroxyl groups excluding tert-OH is 2. The number of carbonyl (C=O) groups excluding carboxylic acids is 2. The molecule has 3 N–H and O–H groups in total. The molecule has 0 heterocycles. The van der Waals surface area contributed by atoms with E-state index in [1.54, 1.807) is 0 Å². The van der Waals surface area contributed by atoms with Crippen LogP contribution >= 0.6 is 0 Å². The van der Waals surface area contributed by atoms with Crippen LogP contribution in [-0.2, 0) is 14.3 Å². The summed E-state index contributed by atoms with van der Waals surface area (Å²) < 4.78 is 5.97. The SMILES string of the molecule is CCCCCCCC/C=C/CCCCCCCCCC(=O)OC(CCCCCCCCCCCCCCCC)CC(=O)NC(CO)C(O)CCCCCCCCCCCCCCCCC. The third kappa shape index (κ3) is 48.9. The van der Waals surface area contributed by atoms with Crippen LogP contribution in [0.25, 0.3) is 0 Å². The minimum atomic E-state index is -0.783. The second-order valence-corrected chi connectivity index (χ2v) is 20.4. The van der Waals surface area contributed by atoms with Crippen LogP contribution in [0.15, 0.2) is 12.2 Å². The Bertz CT molecular complexity index is 986. The van der Waals surface area contributed by atoms with Gasteiger partial charge in [0, 0.05) is 6.42 Å². The molecule has 6 heteroatoms. The molecule has 0 aliphatic heterocycles. The van der Waals surface area contributed by atoms with E-state index in [4.69, 9.17) is 4.74 Å². The normalized spacial score (nSPS) is 13.1. The number of ether oxygens (including phenoxy) is 1. The van der Waals surface area contributed by atoms with Gasteiger partial charge in [-0.1, -0.05) is 277 Å². The predicted octanol–water partition coefficient (Wildman–Crippen LogP) is 18.1. The number of carbonyl (C=O) groups is 2. The van der Waals surface area contributed by atoms with E-state index in [9.17, 15) is 19.8 Å². The van der Waals surface area contributed by atoms with Crippen molar-refractivity contribution in [2.75, 3.05) is 6.61 Å². The number of nitrogens with one attached hydrogen (secondary N) is 1. The van der Waals surface area contributed by atoms with E-state index in [0.717, 1.165) is 44.9 Å². The van der Waals surface area contributed by atoms with Crippen molar-refractivity contribution < 1.29 is 24.5 Å². The average Bonchev–Trinajstić information content (AvgIpc) is 3.30. The number of aliphatic hydroxyl groups is 2. The molecule has 65 heavy (non-hydrogen) atoms. The van der Waals surface area contributed by atoms with Gasteiger partial charge < -0.3 is 20.3 Å². The second-order valence-electron chi connectivity index (χ2n) is 20.4. The molecule has 3 unspecified atom stereocenters. The quantitative estimate of drug-likeness (QED) is 0.0321. The lowest BCUT2D eigenvalue weighted by molar-refractivity contribution is -0.151. The van der Waals surface area contributed by atoms with Crippen molar-refractivity contribution in [2.45, 2.75) is 347 Å². The lowest BCUT2D eigenvalue weighted by Crippen LogP contribution is -2.46. The standard InChI is InChI=1S/C59H115NO5/c1-4-7-10-13-16-19-22-25-28-29-31-34-37-40-43-46-49-52-59(64)65-55(50-47-44-41-38-35-32-27-24-21-18-15-12-9-6-3)53-58(63)60-56(54-61)57(62)51-48-45-42-39-36-33-30-26-23-20-17-14-11-8-5-2/h25,28,55-57,61-62H,4-24,26-27,29-54H2,1-3H3,(H,60,63)/b28-25+. The molecule has 0 aliphatic carbocycles. The maximum atomic E-state index is 13.3. The van der Waals surface area contributed by atoms with Gasteiger partial charge in [0.15, 0.2) is 0 Å². The molecule has 0 spiro atoms. The van der Waals surface area contributed by atoms with Gasteiger partial charge in [-0.05, 0) is 51.4 Å². The predicted molar refractivity (Wildman–Crippen MR) is 283 cm³/mol. The van der Waals surface area contributed by atoms with Crippen LogP contribution in [0.2, 0.25) is 0 Å². The number of hydrogen-bond donors (Lipinski definition) is 3. The monoisotopic (exact) mass is 918 g/mol. The van der Waals surface area contributed by atoms with Crippen LogP contribution in [0.1, 0.15) is 329 Å². The number of hydrogen-bond acceptors (Lipinski definition) is 5. The van der Waals surface area contributed by atoms with Gasteiger partial charge in [0.05, 0.1) is 25.2 Å².